The molecule has 0 aliphatic heterocycles. The fourth-order valence-corrected chi connectivity index (χ4v) is 5.34. The second kappa shape index (κ2) is 8.89. The van der Waals surface area contributed by atoms with Gasteiger partial charge in [-0.15, -0.1) is 12.6 Å². The average Bonchev–Trinajstić information content (AvgIpc) is 3.24. The quantitative estimate of drug-likeness (QED) is 0.247. The molecule has 0 aliphatic rings. The second-order valence-corrected chi connectivity index (χ2v) is 11.1. The van der Waals surface area contributed by atoms with Gasteiger partial charge in [0.05, 0.1) is 16.6 Å². The molecule has 0 bridgehead atoms. The molecule has 0 saturated carbocycles. The summed E-state index contributed by atoms with van der Waals surface area (Å²) in [6.07, 6.45) is 1.87. The molecule has 0 saturated heterocycles. The van der Waals surface area contributed by atoms with Crippen molar-refractivity contribution < 1.29 is 0 Å². The van der Waals surface area contributed by atoms with Gasteiger partial charge in [-0.25, -0.2) is 4.98 Å². The number of hydrogen-bond acceptors (Lipinski definition) is 3. The van der Waals surface area contributed by atoms with Crippen molar-refractivity contribution in [2.45, 2.75) is 31.1 Å². The molecule has 6 rings (SSSR count). The van der Waals surface area contributed by atoms with Crippen molar-refractivity contribution >= 4 is 34.6 Å². The molecule has 0 fully saturated rings. The number of aromatic nitrogens is 3. The minimum absolute atomic E-state index is 0.0352. The lowest BCUT2D eigenvalue weighted by atomic mass is 9.84. The van der Waals surface area contributed by atoms with E-state index in [0.29, 0.717) is 0 Å². The zero-order valence-electron chi connectivity index (χ0n) is 21.5. The van der Waals surface area contributed by atoms with Crippen LogP contribution < -0.4 is 0 Å². The van der Waals surface area contributed by atoms with Gasteiger partial charge in [0.1, 0.15) is 5.82 Å². The van der Waals surface area contributed by atoms with Crippen molar-refractivity contribution in [3.63, 3.8) is 0 Å². The lowest BCUT2D eigenvalue weighted by Crippen LogP contribution is -2.11. The van der Waals surface area contributed by atoms with Gasteiger partial charge < -0.3 is 4.57 Å². The molecule has 0 amide bonds. The molecule has 6 aromatic rings. The molecule has 3 nitrogen and oxygen atoms in total. The Balaban J connectivity index is 1.54. The van der Waals surface area contributed by atoms with Crippen LogP contribution in [0.4, 0.5) is 0 Å². The number of imidazole rings is 1. The molecule has 4 aromatic carbocycles. The van der Waals surface area contributed by atoms with E-state index in [4.69, 9.17) is 22.6 Å². The van der Waals surface area contributed by atoms with Gasteiger partial charge in [0.2, 0.25) is 0 Å². The summed E-state index contributed by atoms with van der Waals surface area (Å²) >= 11 is 4.71. The van der Waals surface area contributed by atoms with Crippen molar-refractivity contribution in [1.29, 1.82) is 0 Å². The number of benzene rings is 4. The summed E-state index contributed by atoms with van der Waals surface area (Å²) in [5.41, 5.74) is 9.97. The fourth-order valence-electron chi connectivity index (χ4n) is 5.06. The SMILES string of the molecule is Cn1c(-c2cccc(-c3cc(C(C)(C)C)cc4cccnc34)c2)nc2c(-c3ccccc3S)cccc21. The van der Waals surface area contributed by atoms with E-state index in [0.717, 1.165) is 60.5 Å². The van der Waals surface area contributed by atoms with E-state index in [2.05, 4.69) is 99.1 Å². The molecule has 0 N–H and O–H groups in total. The highest BCUT2D eigenvalue weighted by atomic mass is 32.1. The Morgan fingerprint density at radius 2 is 1.46 bits per heavy atom. The molecule has 0 radical (unpaired) electrons. The number of pyridine rings is 1. The van der Waals surface area contributed by atoms with Crippen molar-refractivity contribution in [2.75, 3.05) is 0 Å². The topological polar surface area (TPSA) is 30.7 Å². The number of nitrogens with zero attached hydrogens (tertiary/aromatic N) is 3. The number of fused-ring (bicyclic) bond motifs is 2. The van der Waals surface area contributed by atoms with Crippen LogP contribution in [0.1, 0.15) is 26.3 Å². The molecule has 0 atom stereocenters. The van der Waals surface area contributed by atoms with Crippen molar-refractivity contribution in [2.24, 2.45) is 7.05 Å². The van der Waals surface area contributed by atoms with Crippen molar-refractivity contribution in [3.05, 3.63) is 103 Å². The second-order valence-electron chi connectivity index (χ2n) is 10.6. The normalized spacial score (nSPS) is 11.9. The third-order valence-electron chi connectivity index (χ3n) is 7.11. The summed E-state index contributed by atoms with van der Waals surface area (Å²) in [7, 11) is 2.09. The third kappa shape index (κ3) is 4.11. The number of aryl methyl sites for hydroxylation is 1. The summed E-state index contributed by atoms with van der Waals surface area (Å²) < 4.78 is 2.18. The summed E-state index contributed by atoms with van der Waals surface area (Å²) in [5.74, 6) is 0.935. The smallest absolute Gasteiger partial charge is 0.140 e. The first-order valence-electron chi connectivity index (χ1n) is 12.5. The van der Waals surface area contributed by atoms with Crippen LogP contribution in [-0.4, -0.2) is 14.5 Å². The predicted octanol–water partition coefficient (Wildman–Crippen LogP) is 8.71. The van der Waals surface area contributed by atoms with Gasteiger partial charge in [0, 0.05) is 40.2 Å². The van der Waals surface area contributed by atoms with Crippen LogP contribution in [0, 0.1) is 0 Å². The summed E-state index contributed by atoms with van der Waals surface area (Å²) in [4.78, 5) is 10.9. The van der Waals surface area contributed by atoms with Gasteiger partial charge in [0.25, 0.3) is 0 Å². The monoisotopic (exact) mass is 499 g/mol. The zero-order valence-corrected chi connectivity index (χ0v) is 22.4. The van der Waals surface area contributed by atoms with Crippen LogP contribution in [-0.2, 0) is 12.5 Å². The van der Waals surface area contributed by atoms with Crippen LogP contribution in [0.2, 0.25) is 0 Å². The standard InChI is InChI=1S/C33H29N3S/c1-33(2,3)24-19-22-12-9-17-34-30(22)27(20-24)21-10-7-11-23(18-21)32-35-31-26(14-8-15-28(31)36(32)4)25-13-5-6-16-29(25)37/h5-20,37H,1-4H3. The van der Waals surface area contributed by atoms with Gasteiger partial charge in [-0.05, 0) is 58.5 Å². The fraction of sp³-hybridized carbons (Fsp3) is 0.152. The number of hydrogen-bond donors (Lipinski definition) is 1. The van der Waals surface area contributed by atoms with Crippen LogP contribution in [0.15, 0.2) is 102 Å². The average molecular weight is 500 g/mol. The third-order valence-corrected chi connectivity index (χ3v) is 7.50. The Bertz CT molecular complexity index is 1790. The van der Waals surface area contributed by atoms with Crippen LogP contribution in [0.5, 0.6) is 0 Å². The van der Waals surface area contributed by atoms with E-state index in [1.54, 1.807) is 0 Å². The van der Waals surface area contributed by atoms with E-state index in [1.807, 2.05) is 30.5 Å². The van der Waals surface area contributed by atoms with Gasteiger partial charge in [-0.1, -0.05) is 75.4 Å². The molecule has 37 heavy (non-hydrogen) atoms. The van der Waals surface area contributed by atoms with Crippen LogP contribution in [0.25, 0.3) is 55.6 Å². The largest absolute Gasteiger partial charge is 0.327 e. The van der Waals surface area contributed by atoms with Gasteiger partial charge in [-0.3, -0.25) is 4.98 Å². The maximum absolute atomic E-state index is 5.17. The molecule has 182 valence electrons. The Morgan fingerprint density at radius 1 is 0.703 bits per heavy atom. The highest BCUT2D eigenvalue weighted by molar-refractivity contribution is 7.80. The number of rotatable bonds is 3. The molecule has 0 unspecified atom stereocenters. The zero-order chi connectivity index (χ0) is 25.7. The molecular formula is C33H29N3S. The lowest BCUT2D eigenvalue weighted by molar-refractivity contribution is 0.591. The minimum Gasteiger partial charge on any atom is -0.327 e. The highest BCUT2D eigenvalue weighted by Gasteiger charge is 2.19. The van der Waals surface area contributed by atoms with Crippen LogP contribution in [0.3, 0.4) is 0 Å². The van der Waals surface area contributed by atoms with Gasteiger partial charge >= 0.3 is 0 Å². The Kier molecular flexibility index (Phi) is 5.65. The first-order chi connectivity index (χ1) is 17.8. The van der Waals surface area contributed by atoms with Crippen molar-refractivity contribution in [3.8, 4) is 33.6 Å². The first kappa shape index (κ1) is 23.5. The summed E-state index contributed by atoms with van der Waals surface area (Å²) in [6, 6.07) is 31.9. The van der Waals surface area contributed by atoms with E-state index in [1.165, 1.54) is 5.56 Å². The number of thiol groups is 1. The molecule has 2 aromatic heterocycles. The van der Waals surface area contributed by atoms with E-state index in [-0.39, 0.29) is 5.41 Å². The molecule has 4 heteroatoms. The maximum atomic E-state index is 5.17. The minimum atomic E-state index is 0.0352. The first-order valence-corrected chi connectivity index (χ1v) is 13.0. The summed E-state index contributed by atoms with van der Waals surface area (Å²) in [6.45, 7) is 6.76. The Labute approximate surface area is 223 Å². The highest BCUT2D eigenvalue weighted by Crippen LogP contribution is 2.37. The number of para-hydroxylation sites is 1. The Hall–Kier alpha value is -3.89. The molecule has 0 aliphatic carbocycles. The molecular weight excluding hydrogens is 470 g/mol. The van der Waals surface area contributed by atoms with Gasteiger partial charge in [-0.2, -0.15) is 0 Å². The van der Waals surface area contributed by atoms with E-state index in [9.17, 15) is 0 Å². The van der Waals surface area contributed by atoms with E-state index < -0.39 is 0 Å². The van der Waals surface area contributed by atoms with E-state index >= 15 is 0 Å². The predicted molar refractivity (Wildman–Crippen MR) is 158 cm³/mol. The maximum Gasteiger partial charge on any atom is 0.140 e. The Morgan fingerprint density at radius 3 is 2.27 bits per heavy atom. The molecule has 2 heterocycles. The lowest BCUT2D eigenvalue weighted by Gasteiger charge is -2.21. The van der Waals surface area contributed by atoms with Crippen molar-refractivity contribution in [1.82, 2.24) is 14.5 Å². The summed E-state index contributed by atoms with van der Waals surface area (Å²) in [5, 5.41) is 1.16. The molecule has 0 spiro atoms. The van der Waals surface area contributed by atoms with Gasteiger partial charge in [0.15, 0.2) is 0 Å². The van der Waals surface area contributed by atoms with Crippen LogP contribution >= 0.6 is 12.6 Å².